The lowest BCUT2D eigenvalue weighted by Crippen LogP contribution is -2.30. The fourth-order valence-electron chi connectivity index (χ4n) is 3.18. The van der Waals surface area contributed by atoms with Gasteiger partial charge in [-0.3, -0.25) is 0 Å². The van der Waals surface area contributed by atoms with E-state index in [1.807, 2.05) is 31.2 Å². The lowest BCUT2D eigenvalue weighted by molar-refractivity contribution is 0.414. The molecule has 0 bridgehead atoms. The number of hydrogen-bond acceptors (Lipinski definition) is 5. The van der Waals surface area contributed by atoms with E-state index in [1.165, 1.54) is 5.56 Å². The second-order valence-corrected chi connectivity index (χ2v) is 6.98. The summed E-state index contributed by atoms with van der Waals surface area (Å²) in [6.45, 7) is 2.05. The second-order valence-electron chi connectivity index (χ2n) is 6.14. The van der Waals surface area contributed by atoms with Gasteiger partial charge in [-0.25, -0.2) is 4.99 Å². The summed E-state index contributed by atoms with van der Waals surface area (Å²) in [5.74, 6) is 1.72. The van der Waals surface area contributed by atoms with Crippen molar-refractivity contribution in [2.45, 2.75) is 13.0 Å². The molecule has 0 spiro atoms. The van der Waals surface area contributed by atoms with Crippen molar-refractivity contribution >= 4 is 22.6 Å². The maximum absolute atomic E-state index is 5.30. The summed E-state index contributed by atoms with van der Waals surface area (Å²) in [5, 5.41) is 3.18. The third-order valence-corrected chi connectivity index (χ3v) is 5.37. The standard InChI is InChI=1S/C21H20N2O2S/c1-14-12-19(15-4-8-17(24-2)9-5-15)23-20(13-26-21(23)22-14)16-6-10-18(25-3)11-7-16/h4-13,19H,1-3H3. The summed E-state index contributed by atoms with van der Waals surface area (Å²) in [5.41, 5.74) is 4.55. The first-order chi connectivity index (χ1) is 12.7. The fraction of sp³-hybridized carbons (Fsp3) is 0.190. The van der Waals surface area contributed by atoms with Gasteiger partial charge >= 0.3 is 0 Å². The van der Waals surface area contributed by atoms with Gasteiger partial charge in [0.1, 0.15) is 11.5 Å². The molecule has 0 radical (unpaired) electrons. The molecule has 2 aliphatic rings. The highest BCUT2D eigenvalue weighted by Gasteiger charge is 2.33. The molecule has 1 unspecified atom stereocenters. The molecule has 0 amide bonds. The lowest BCUT2D eigenvalue weighted by atomic mass is 10.0. The van der Waals surface area contributed by atoms with E-state index in [2.05, 4.69) is 40.6 Å². The van der Waals surface area contributed by atoms with Gasteiger partial charge in [-0.05, 0) is 60.5 Å². The highest BCUT2D eigenvalue weighted by atomic mass is 32.2. The SMILES string of the molecule is COc1ccc(C2=CSC3=NC(C)=CC(c4ccc(OC)cc4)N23)cc1. The average molecular weight is 364 g/mol. The van der Waals surface area contributed by atoms with Crippen molar-refractivity contribution in [3.63, 3.8) is 0 Å². The van der Waals surface area contributed by atoms with Gasteiger partial charge in [0.15, 0.2) is 5.17 Å². The number of ether oxygens (including phenoxy) is 2. The molecule has 2 heterocycles. The first-order valence-electron chi connectivity index (χ1n) is 8.41. The van der Waals surface area contributed by atoms with Crippen LogP contribution in [0.3, 0.4) is 0 Å². The van der Waals surface area contributed by atoms with E-state index in [4.69, 9.17) is 14.5 Å². The van der Waals surface area contributed by atoms with Crippen LogP contribution >= 0.6 is 11.8 Å². The molecule has 0 saturated carbocycles. The Bertz CT molecular complexity index is 899. The number of benzene rings is 2. The first-order valence-corrected chi connectivity index (χ1v) is 9.29. The summed E-state index contributed by atoms with van der Waals surface area (Å²) >= 11 is 1.67. The molecule has 0 aromatic heterocycles. The van der Waals surface area contributed by atoms with Crippen LogP contribution in [-0.2, 0) is 0 Å². The number of aliphatic imine (C=N–C) groups is 1. The average Bonchev–Trinajstić information content (AvgIpc) is 3.11. The molecular weight excluding hydrogens is 344 g/mol. The van der Waals surface area contributed by atoms with Crippen molar-refractivity contribution in [3.8, 4) is 11.5 Å². The highest BCUT2D eigenvalue weighted by Crippen LogP contribution is 2.43. The molecule has 0 N–H and O–H groups in total. The Morgan fingerprint density at radius 3 is 2.15 bits per heavy atom. The van der Waals surface area contributed by atoms with Gasteiger partial charge in [-0.2, -0.15) is 0 Å². The van der Waals surface area contributed by atoms with Gasteiger partial charge in [0.25, 0.3) is 0 Å². The minimum absolute atomic E-state index is 0.108. The van der Waals surface area contributed by atoms with Crippen LogP contribution in [0.25, 0.3) is 5.70 Å². The van der Waals surface area contributed by atoms with E-state index >= 15 is 0 Å². The molecule has 1 atom stereocenters. The summed E-state index contributed by atoms with van der Waals surface area (Å²) in [6, 6.07) is 16.5. The van der Waals surface area contributed by atoms with Gasteiger partial charge in [-0.15, -0.1) is 0 Å². The van der Waals surface area contributed by atoms with E-state index in [0.29, 0.717) is 0 Å². The van der Waals surface area contributed by atoms with Crippen LogP contribution in [0.5, 0.6) is 11.5 Å². The third kappa shape index (κ3) is 2.99. The Kier molecular flexibility index (Phi) is 4.47. The maximum Gasteiger partial charge on any atom is 0.173 e. The molecule has 2 aromatic rings. The zero-order valence-corrected chi connectivity index (χ0v) is 15.8. The van der Waals surface area contributed by atoms with Crippen molar-refractivity contribution in [3.05, 3.63) is 76.8 Å². The Morgan fingerprint density at radius 2 is 1.54 bits per heavy atom. The predicted octanol–water partition coefficient (Wildman–Crippen LogP) is 5.07. The van der Waals surface area contributed by atoms with Crippen molar-refractivity contribution in [2.75, 3.05) is 14.2 Å². The van der Waals surface area contributed by atoms with Crippen molar-refractivity contribution in [2.24, 2.45) is 4.99 Å². The predicted molar refractivity (Wildman–Crippen MR) is 107 cm³/mol. The largest absolute Gasteiger partial charge is 0.497 e. The lowest BCUT2D eigenvalue weighted by Gasteiger charge is -2.33. The number of nitrogens with zero attached hydrogens (tertiary/aromatic N) is 2. The quantitative estimate of drug-likeness (QED) is 0.759. The van der Waals surface area contributed by atoms with Gasteiger partial charge in [0.2, 0.25) is 0 Å². The molecule has 4 nitrogen and oxygen atoms in total. The molecule has 4 rings (SSSR count). The van der Waals surface area contributed by atoms with Crippen molar-refractivity contribution in [1.82, 2.24) is 4.90 Å². The van der Waals surface area contributed by atoms with E-state index in [1.54, 1.807) is 26.0 Å². The second kappa shape index (κ2) is 6.92. The normalized spacial score (nSPS) is 18.7. The molecule has 0 aliphatic carbocycles. The first kappa shape index (κ1) is 16.8. The van der Waals surface area contributed by atoms with Crippen LogP contribution in [0, 0.1) is 0 Å². The maximum atomic E-state index is 5.30. The molecule has 5 heteroatoms. The number of methoxy groups -OCH3 is 2. The molecule has 132 valence electrons. The topological polar surface area (TPSA) is 34.1 Å². The van der Waals surface area contributed by atoms with Gasteiger partial charge in [0, 0.05) is 11.1 Å². The summed E-state index contributed by atoms with van der Waals surface area (Å²) in [6.07, 6.45) is 2.20. The Morgan fingerprint density at radius 1 is 0.923 bits per heavy atom. The van der Waals surface area contributed by atoms with Crippen LogP contribution in [0.15, 0.2) is 70.7 Å². The van der Waals surface area contributed by atoms with Crippen molar-refractivity contribution < 1.29 is 9.47 Å². The zero-order valence-electron chi connectivity index (χ0n) is 15.0. The molecule has 0 saturated heterocycles. The van der Waals surface area contributed by atoms with Gasteiger partial charge in [-0.1, -0.05) is 23.9 Å². The fourth-order valence-corrected chi connectivity index (χ4v) is 4.17. The van der Waals surface area contributed by atoms with Crippen LogP contribution < -0.4 is 9.47 Å². The van der Waals surface area contributed by atoms with Crippen molar-refractivity contribution in [1.29, 1.82) is 0 Å². The van der Waals surface area contributed by atoms with Crippen LogP contribution in [0.2, 0.25) is 0 Å². The third-order valence-electron chi connectivity index (χ3n) is 4.53. The monoisotopic (exact) mass is 364 g/mol. The van der Waals surface area contributed by atoms with Gasteiger partial charge in [0.05, 0.1) is 26.0 Å². The molecule has 2 aromatic carbocycles. The Hall–Kier alpha value is -2.66. The van der Waals surface area contributed by atoms with E-state index < -0.39 is 0 Å². The number of thioether (sulfide) groups is 1. The minimum Gasteiger partial charge on any atom is -0.497 e. The van der Waals surface area contributed by atoms with E-state index in [9.17, 15) is 0 Å². The molecule has 2 aliphatic heterocycles. The zero-order chi connectivity index (χ0) is 18.1. The smallest absolute Gasteiger partial charge is 0.173 e. The number of fused-ring (bicyclic) bond motifs is 1. The number of hydrogen-bond donors (Lipinski definition) is 0. The van der Waals surface area contributed by atoms with E-state index in [-0.39, 0.29) is 6.04 Å². The van der Waals surface area contributed by atoms with Crippen LogP contribution in [0.4, 0.5) is 0 Å². The Labute approximate surface area is 157 Å². The number of allylic oxidation sites excluding steroid dienone is 1. The summed E-state index contributed by atoms with van der Waals surface area (Å²) in [4.78, 5) is 7.02. The molecular formula is C21H20N2O2S. The molecule has 26 heavy (non-hydrogen) atoms. The highest BCUT2D eigenvalue weighted by molar-refractivity contribution is 8.16. The van der Waals surface area contributed by atoms with E-state index in [0.717, 1.165) is 33.6 Å². The Balaban J connectivity index is 1.71. The van der Waals surface area contributed by atoms with Crippen LogP contribution in [0.1, 0.15) is 24.1 Å². The molecule has 0 fully saturated rings. The number of rotatable bonds is 4. The summed E-state index contributed by atoms with van der Waals surface area (Å²) < 4.78 is 10.6. The minimum atomic E-state index is 0.108. The summed E-state index contributed by atoms with van der Waals surface area (Å²) in [7, 11) is 3.37. The van der Waals surface area contributed by atoms with Crippen LogP contribution in [-0.4, -0.2) is 24.3 Å². The van der Waals surface area contributed by atoms with Gasteiger partial charge < -0.3 is 14.4 Å². The number of amidine groups is 1.